The van der Waals surface area contributed by atoms with E-state index in [1.165, 1.54) is 6.42 Å². The minimum absolute atomic E-state index is 0.277. The topological polar surface area (TPSA) is 30.5 Å². The molecule has 0 saturated carbocycles. The second-order valence-corrected chi connectivity index (χ2v) is 7.51. The summed E-state index contributed by atoms with van der Waals surface area (Å²) in [5.74, 6) is 1.37. The van der Waals surface area contributed by atoms with Gasteiger partial charge in [0.05, 0.1) is 6.61 Å². The van der Waals surface area contributed by atoms with Crippen LogP contribution in [0.5, 0.6) is 11.5 Å². The molecule has 6 heteroatoms. The molecule has 2 rings (SSSR count). The van der Waals surface area contributed by atoms with E-state index < -0.39 is 0 Å². The molecule has 2 aromatic rings. The molecule has 26 heavy (non-hydrogen) atoms. The number of benzene rings is 2. The van der Waals surface area contributed by atoms with Crippen molar-refractivity contribution in [1.29, 1.82) is 0 Å². The third-order valence-corrected chi connectivity index (χ3v) is 5.32. The van der Waals surface area contributed by atoms with Gasteiger partial charge in [-0.2, -0.15) is 0 Å². The average molecular weight is 461 g/mol. The van der Waals surface area contributed by atoms with Crippen LogP contribution in [0, 0.1) is 0 Å². The number of halogens is 3. The van der Waals surface area contributed by atoms with E-state index in [9.17, 15) is 0 Å². The van der Waals surface area contributed by atoms with Gasteiger partial charge in [-0.15, -0.1) is 0 Å². The highest BCUT2D eigenvalue weighted by Gasteiger charge is 2.13. The Labute approximate surface area is 174 Å². The molecule has 2 aromatic carbocycles. The van der Waals surface area contributed by atoms with Crippen LogP contribution in [0.4, 0.5) is 0 Å². The van der Waals surface area contributed by atoms with Crippen LogP contribution in [0.25, 0.3) is 0 Å². The van der Waals surface area contributed by atoms with Gasteiger partial charge in [-0.25, -0.2) is 0 Å². The molecule has 0 spiro atoms. The summed E-state index contributed by atoms with van der Waals surface area (Å²) in [5.41, 5.74) is 1.90. The number of nitrogens with one attached hydrogen (secondary N) is 1. The fourth-order valence-electron chi connectivity index (χ4n) is 2.44. The normalized spacial score (nSPS) is 10.8. The fraction of sp³-hybridized carbons (Fsp3) is 0.400. The van der Waals surface area contributed by atoms with Crippen molar-refractivity contribution in [2.24, 2.45) is 0 Å². The summed E-state index contributed by atoms with van der Waals surface area (Å²) in [4.78, 5) is 0. The molecule has 0 bridgehead atoms. The predicted octanol–water partition coefficient (Wildman–Crippen LogP) is 6.62. The first kappa shape index (κ1) is 21.4. The maximum absolute atomic E-state index is 6.22. The van der Waals surface area contributed by atoms with Gasteiger partial charge in [0.15, 0.2) is 11.5 Å². The maximum atomic E-state index is 6.22. The van der Waals surface area contributed by atoms with Crippen LogP contribution < -0.4 is 14.8 Å². The van der Waals surface area contributed by atoms with E-state index in [1.807, 2.05) is 25.1 Å². The number of hydrogen-bond acceptors (Lipinski definition) is 3. The standard InChI is InChI=1S/C20H24BrCl2NO2/c1-3-5-9-24-12-14-10-19(25-4-2)20(11-16(14)21)26-13-15-17(22)7-6-8-18(15)23/h6-8,10-11,24H,3-5,9,12-13H2,1-2H3. The van der Waals surface area contributed by atoms with E-state index in [2.05, 4.69) is 28.2 Å². The van der Waals surface area contributed by atoms with Crippen LogP contribution in [0.1, 0.15) is 37.8 Å². The molecule has 0 aromatic heterocycles. The zero-order valence-electron chi connectivity index (χ0n) is 15.1. The monoisotopic (exact) mass is 459 g/mol. The van der Waals surface area contributed by atoms with Crippen molar-refractivity contribution >= 4 is 39.1 Å². The van der Waals surface area contributed by atoms with E-state index >= 15 is 0 Å². The third kappa shape index (κ3) is 6.05. The Bertz CT molecular complexity index is 705. The molecule has 0 aliphatic rings. The Hall–Kier alpha value is -0.940. The van der Waals surface area contributed by atoms with Crippen LogP contribution >= 0.6 is 39.1 Å². The molecule has 0 aliphatic carbocycles. The molecule has 0 radical (unpaired) electrons. The highest BCUT2D eigenvalue weighted by atomic mass is 79.9. The van der Waals surface area contributed by atoms with Crippen molar-refractivity contribution in [3.05, 3.63) is 56.0 Å². The van der Waals surface area contributed by atoms with Gasteiger partial charge in [0.2, 0.25) is 0 Å². The molecule has 0 heterocycles. The van der Waals surface area contributed by atoms with Crippen molar-refractivity contribution in [1.82, 2.24) is 5.32 Å². The molecule has 3 nitrogen and oxygen atoms in total. The lowest BCUT2D eigenvalue weighted by molar-refractivity contribution is 0.269. The van der Waals surface area contributed by atoms with Crippen LogP contribution in [0.15, 0.2) is 34.8 Å². The van der Waals surface area contributed by atoms with Gasteiger partial charge in [0.25, 0.3) is 0 Å². The van der Waals surface area contributed by atoms with Gasteiger partial charge in [0, 0.05) is 26.6 Å². The van der Waals surface area contributed by atoms with Crippen LogP contribution in [0.2, 0.25) is 10.0 Å². The molecular formula is C20H24BrCl2NO2. The molecule has 0 saturated heterocycles. The number of rotatable bonds is 10. The average Bonchev–Trinajstić information content (AvgIpc) is 2.61. The van der Waals surface area contributed by atoms with Crippen molar-refractivity contribution in [3.8, 4) is 11.5 Å². The predicted molar refractivity (Wildman–Crippen MR) is 113 cm³/mol. The largest absolute Gasteiger partial charge is 0.490 e. The first-order valence-electron chi connectivity index (χ1n) is 8.78. The van der Waals surface area contributed by atoms with Crippen molar-refractivity contribution in [3.63, 3.8) is 0 Å². The summed E-state index contributed by atoms with van der Waals surface area (Å²) in [7, 11) is 0. The van der Waals surface area contributed by atoms with Crippen LogP contribution in [0.3, 0.4) is 0 Å². The summed E-state index contributed by atoms with van der Waals surface area (Å²) >= 11 is 16.1. The Morgan fingerprint density at radius 2 is 1.73 bits per heavy atom. The van der Waals surface area contributed by atoms with Gasteiger partial charge >= 0.3 is 0 Å². The number of unbranched alkanes of at least 4 members (excludes halogenated alkanes) is 1. The van der Waals surface area contributed by atoms with E-state index in [0.717, 1.165) is 35.1 Å². The Morgan fingerprint density at radius 1 is 1.04 bits per heavy atom. The van der Waals surface area contributed by atoms with E-state index in [-0.39, 0.29) is 6.61 Å². The SMILES string of the molecule is CCCCNCc1cc(OCC)c(OCc2c(Cl)cccc2Cl)cc1Br. The summed E-state index contributed by atoms with van der Waals surface area (Å²) in [6, 6.07) is 9.37. The Morgan fingerprint density at radius 3 is 2.38 bits per heavy atom. The lowest BCUT2D eigenvalue weighted by Crippen LogP contribution is -2.15. The highest BCUT2D eigenvalue weighted by Crippen LogP contribution is 2.35. The highest BCUT2D eigenvalue weighted by molar-refractivity contribution is 9.10. The van der Waals surface area contributed by atoms with E-state index in [4.69, 9.17) is 32.7 Å². The molecule has 142 valence electrons. The molecule has 0 aliphatic heterocycles. The van der Waals surface area contributed by atoms with Gasteiger partial charge in [-0.3, -0.25) is 0 Å². The molecule has 0 unspecified atom stereocenters. The summed E-state index contributed by atoms with van der Waals surface area (Å²) in [6.07, 6.45) is 2.34. The van der Waals surface area contributed by atoms with Crippen molar-refractivity contribution < 1.29 is 9.47 Å². The van der Waals surface area contributed by atoms with E-state index in [0.29, 0.717) is 28.2 Å². The van der Waals surface area contributed by atoms with Gasteiger partial charge in [0.1, 0.15) is 6.61 Å². The van der Waals surface area contributed by atoms with Gasteiger partial charge in [-0.1, -0.05) is 58.5 Å². The van der Waals surface area contributed by atoms with Gasteiger partial charge in [-0.05, 0) is 49.7 Å². The minimum atomic E-state index is 0.277. The fourth-order valence-corrected chi connectivity index (χ4v) is 3.41. The lowest BCUT2D eigenvalue weighted by atomic mass is 10.2. The molecule has 0 fully saturated rings. The maximum Gasteiger partial charge on any atom is 0.162 e. The first-order valence-corrected chi connectivity index (χ1v) is 10.3. The Balaban J connectivity index is 2.15. The minimum Gasteiger partial charge on any atom is -0.490 e. The number of ether oxygens (including phenoxy) is 2. The summed E-state index contributed by atoms with van der Waals surface area (Å²) in [6.45, 7) is 6.75. The van der Waals surface area contributed by atoms with Gasteiger partial charge < -0.3 is 14.8 Å². The zero-order valence-corrected chi connectivity index (χ0v) is 18.2. The molecule has 1 N–H and O–H groups in total. The summed E-state index contributed by atoms with van der Waals surface area (Å²) in [5, 5.41) is 4.62. The third-order valence-electron chi connectivity index (χ3n) is 3.87. The van der Waals surface area contributed by atoms with E-state index in [1.54, 1.807) is 12.1 Å². The second-order valence-electron chi connectivity index (χ2n) is 5.84. The first-order chi connectivity index (χ1) is 12.6. The quantitative estimate of drug-likeness (QED) is 0.404. The molecule has 0 atom stereocenters. The Kier molecular flexibility index (Phi) is 9.06. The van der Waals surface area contributed by atoms with Crippen molar-refractivity contribution in [2.75, 3.05) is 13.2 Å². The zero-order chi connectivity index (χ0) is 18.9. The number of hydrogen-bond donors (Lipinski definition) is 1. The smallest absolute Gasteiger partial charge is 0.162 e. The van der Waals surface area contributed by atoms with Crippen molar-refractivity contribution in [2.45, 2.75) is 39.8 Å². The van der Waals surface area contributed by atoms with Crippen LogP contribution in [-0.2, 0) is 13.2 Å². The molecular weight excluding hydrogens is 437 g/mol. The second kappa shape index (κ2) is 11.0. The lowest BCUT2D eigenvalue weighted by Gasteiger charge is -2.16. The van der Waals surface area contributed by atoms with Crippen LogP contribution in [-0.4, -0.2) is 13.2 Å². The molecule has 0 amide bonds. The summed E-state index contributed by atoms with van der Waals surface area (Å²) < 4.78 is 12.7.